The molecule has 1 atom stereocenters. The van der Waals surface area contributed by atoms with Crippen LogP contribution in [-0.4, -0.2) is 35.1 Å². The minimum atomic E-state index is 0. The Bertz CT molecular complexity index is 556. The van der Waals surface area contributed by atoms with Crippen molar-refractivity contribution in [2.45, 2.75) is 20.8 Å². The van der Waals surface area contributed by atoms with Crippen molar-refractivity contribution in [2.75, 3.05) is 0 Å². The van der Waals surface area contributed by atoms with Gasteiger partial charge < -0.3 is 0 Å². The molecule has 2 aromatic rings. The fraction of sp³-hybridized carbons (Fsp3) is 0.188. The maximum absolute atomic E-state index is 12.4. The third-order valence-electron chi connectivity index (χ3n) is 2.94. The number of carbonyl (C=O) groups is 1. The van der Waals surface area contributed by atoms with E-state index in [2.05, 4.69) is 19.1 Å². The SMILES string of the molecule is Cc1cc(C)c(C(=O)Pc2ccccc2)c(C)c1.[NaH]. The third kappa shape index (κ3) is 4.26. The standard InChI is InChI=1S/C16H17OP.Na.H/c1-11-9-12(2)15(13(3)10-11)16(17)18-14-7-5-4-6-8-14;;/h4-10,18H,1-3H3;;. The Labute approximate surface area is 138 Å². The number of hydrogen-bond donors (Lipinski definition) is 0. The van der Waals surface area contributed by atoms with Crippen molar-refractivity contribution in [3.63, 3.8) is 0 Å². The van der Waals surface area contributed by atoms with E-state index in [4.69, 9.17) is 0 Å². The van der Waals surface area contributed by atoms with E-state index in [9.17, 15) is 4.79 Å². The molecule has 0 aliphatic heterocycles. The van der Waals surface area contributed by atoms with E-state index in [0.29, 0.717) is 0 Å². The van der Waals surface area contributed by atoms with Gasteiger partial charge in [0.1, 0.15) is 0 Å². The molecule has 0 fully saturated rings. The van der Waals surface area contributed by atoms with E-state index in [0.717, 1.165) is 22.0 Å². The first kappa shape index (κ1) is 16.6. The fourth-order valence-corrected chi connectivity index (χ4v) is 3.39. The summed E-state index contributed by atoms with van der Waals surface area (Å²) in [4.78, 5) is 12.4. The van der Waals surface area contributed by atoms with Crippen molar-refractivity contribution in [1.82, 2.24) is 0 Å². The molecule has 1 nitrogen and oxygen atoms in total. The molecule has 0 amide bonds. The topological polar surface area (TPSA) is 17.1 Å². The summed E-state index contributed by atoms with van der Waals surface area (Å²) >= 11 is 0. The van der Waals surface area contributed by atoms with Crippen molar-refractivity contribution in [1.29, 1.82) is 0 Å². The van der Waals surface area contributed by atoms with E-state index in [1.54, 1.807) is 0 Å². The zero-order chi connectivity index (χ0) is 13.1. The first-order valence-corrected chi connectivity index (χ1v) is 7.02. The van der Waals surface area contributed by atoms with Crippen LogP contribution in [0, 0.1) is 20.8 Å². The first-order chi connectivity index (χ1) is 8.58. The van der Waals surface area contributed by atoms with Gasteiger partial charge in [-0.05, 0) is 45.8 Å². The molecule has 0 spiro atoms. The number of aryl methyl sites for hydroxylation is 3. The van der Waals surface area contributed by atoms with Gasteiger partial charge in [0, 0.05) is 5.56 Å². The van der Waals surface area contributed by atoms with Gasteiger partial charge in [-0.3, -0.25) is 4.79 Å². The summed E-state index contributed by atoms with van der Waals surface area (Å²) in [6.07, 6.45) is 0. The minimum absolute atomic E-state index is 0. The maximum atomic E-state index is 12.4. The number of rotatable bonds is 3. The third-order valence-corrected chi connectivity index (χ3v) is 4.03. The van der Waals surface area contributed by atoms with E-state index >= 15 is 0 Å². The van der Waals surface area contributed by atoms with E-state index in [1.807, 2.05) is 44.2 Å². The van der Waals surface area contributed by atoms with Crippen molar-refractivity contribution in [3.8, 4) is 0 Å². The van der Waals surface area contributed by atoms with Gasteiger partial charge in [0.25, 0.3) is 0 Å². The molecule has 1 unspecified atom stereocenters. The molecule has 0 saturated carbocycles. The summed E-state index contributed by atoms with van der Waals surface area (Å²) in [7, 11) is 0.206. The molecule has 0 saturated heterocycles. The zero-order valence-electron chi connectivity index (χ0n) is 10.9. The Hall–Kier alpha value is -0.460. The molecule has 2 rings (SSSR count). The van der Waals surface area contributed by atoms with Crippen LogP contribution in [0.4, 0.5) is 0 Å². The van der Waals surface area contributed by atoms with Crippen LogP contribution in [0.5, 0.6) is 0 Å². The summed E-state index contributed by atoms with van der Waals surface area (Å²) in [6.45, 7) is 6.10. The Morgan fingerprint density at radius 2 is 1.47 bits per heavy atom. The van der Waals surface area contributed by atoms with Crippen LogP contribution in [0.15, 0.2) is 42.5 Å². The second kappa shape index (κ2) is 7.36. The number of hydrogen-bond acceptors (Lipinski definition) is 1. The average Bonchev–Trinajstić information content (AvgIpc) is 2.28. The summed E-state index contributed by atoms with van der Waals surface area (Å²) in [5.41, 5.74) is 4.51. The molecule has 19 heavy (non-hydrogen) atoms. The van der Waals surface area contributed by atoms with Gasteiger partial charge in [0.15, 0.2) is 5.52 Å². The Kier molecular flexibility index (Phi) is 6.42. The van der Waals surface area contributed by atoms with Crippen molar-refractivity contribution in [2.24, 2.45) is 0 Å². The van der Waals surface area contributed by atoms with Crippen LogP contribution < -0.4 is 5.30 Å². The number of carbonyl (C=O) groups excluding carboxylic acids is 1. The second-order valence-electron chi connectivity index (χ2n) is 4.59. The first-order valence-electron chi connectivity index (χ1n) is 6.02. The fourth-order valence-electron chi connectivity index (χ4n) is 2.25. The van der Waals surface area contributed by atoms with E-state index in [-0.39, 0.29) is 43.7 Å². The zero-order valence-corrected chi connectivity index (χ0v) is 11.9. The van der Waals surface area contributed by atoms with Gasteiger partial charge in [0.05, 0.1) is 0 Å². The van der Waals surface area contributed by atoms with Crippen LogP contribution in [0.1, 0.15) is 27.0 Å². The molecule has 0 aliphatic rings. The van der Waals surface area contributed by atoms with Crippen LogP contribution in [0.2, 0.25) is 0 Å². The molecule has 0 radical (unpaired) electrons. The van der Waals surface area contributed by atoms with Gasteiger partial charge >= 0.3 is 29.6 Å². The molecule has 0 aromatic heterocycles. The van der Waals surface area contributed by atoms with Crippen molar-refractivity contribution >= 4 is 49.0 Å². The quantitative estimate of drug-likeness (QED) is 0.623. The van der Waals surface area contributed by atoms with E-state index in [1.165, 1.54) is 5.56 Å². The van der Waals surface area contributed by atoms with Crippen LogP contribution in [0.3, 0.4) is 0 Å². The van der Waals surface area contributed by atoms with Gasteiger partial charge in [0.2, 0.25) is 0 Å². The van der Waals surface area contributed by atoms with Crippen LogP contribution in [0.25, 0.3) is 0 Å². The van der Waals surface area contributed by atoms with Gasteiger partial charge in [-0.2, -0.15) is 0 Å². The Balaban J connectivity index is 0.00000180. The average molecular weight is 280 g/mol. The molecule has 94 valence electrons. The van der Waals surface area contributed by atoms with Crippen molar-refractivity contribution in [3.05, 3.63) is 64.7 Å². The summed E-state index contributed by atoms with van der Waals surface area (Å²) in [6, 6.07) is 14.1. The Morgan fingerprint density at radius 1 is 0.947 bits per heavy atom. The summed E-state index contributed by atoms with van der Waals surface area (Å²) in [5, 5.41) is 1.10. The number of benzene rings is 2. The van der Waals surface area contributed by atoms with E-state index < -0.39 is 0 Å². The molecule has 0 N–H and O–H groups in total. The molecule has 0 heterocycles. The van der Waals surface area contributed by atoms with Crippen molar-refractivity contribution < 1.29 is 4.79 Å². The molecular formula is C16H18NaOP. The Morgan fingerprint density at radius 3 is 2.00 bits per heavy atom. The molecule has 2 aromatic carbocycles. The second-order valence-corrected chi connectivity index (χ2v) is 5.88. The molecular weight excluding hydrogens is 262 g/mol. The molecule has 3 heteroatoms. The molecule has 0 bridgehead atoms. The summed E-state index contributed by atoms with van der Waals surface area (Å²) in [5.74, 6) is 0. The summed E-state index contributed by atoms with van der Waals surface area (Å²) < 4.78 is 0. The predicted octanol–water partition coefficient (Wildman–Crippen LogP) is 3.11. The van der Waals surface area contributed by atoms with Crippen LogP contribution in [-0.2, 0) is 0 Å². The van der Waals surface area contributed by atoms with Gasteiger partial charge in [-0.1, -0.05) is 48.0 Å². The van der Waals surface area contributed by atoms with Gasteiger partial charge in [-0.25, -0.2) is 0 Å². The monoisotopic (exact) mass is 280 g/mol. The predicted molar refractivity (Wildman–Crippen MR) is 86.5 cm³/mol. The normalized spacial score (nSPS) is 10.5. The molecule has 0 aliphatic carbocycles. The van der Waals surface area contributed by atoms with Gasteiger partial charge in [-0.15, -0.1) is 0 Å². The van der Waals surface area contributed by atoms with Crippen LogP contribution >= 0.6 is 8.58 Å².